The Hall–Kier alpha value is -1.40. The summed E-state index contributed by atoms with van der Waals surface area (Å²) in [5.41, 5.74) is 1.27. The smallest absolute Gasteiger partial charge is 0.224 e. The van der Waals surface area contributed by atoms with E-state index in [0.29, 0.717) is 12.1 Å². The van der Waals surface area contributed by atoms with Crippen molar-refractivity contribution in [3.05, 3.63) is 23.8 Å². The van der Waals surface area contributed by atoms with Crippen LogP contribution in [-0.4, -0.2) is 31.8 Å². The van der Waals surface area contributed by atoms with Crippen LogP contribution in [0.5, 0.6) is 0 Å². The molecule has 19 heavy (non-hydrogen) atoms. The second-order valence-corrected chi connectivity index (χ2v) is 6.70. The summed E-state index contributed by atoms with van der Waals surface area (Å²) in [5, 5.41) is 11.8. The highest BCUT2D eigenvalue weighted by atomic mass is 32.2. The number of hydrogen-bond donors (Lipinski definition) is 2. The number of carbonyl (C=O) groups is 1. The van der Waals surface area contributed by atoms with E-state index in [-0.39, 0.29) is 17.2 Å². The average Bonchev–Trinajstić information content (AvgIpc) is 2.28. The van der Waals surface area contributed by atoms with E-state index in [4.69, 9.17) is 5.11 Å². The van der Waals surface area contributed by atoms with Gasteiger partial charge < -0.3 is 10.4 Å². The number of hydrogen-bond acceptors (Lipinski definition) is 4. The maximum Gasteiger partial charge on any atom is 0.224 e. The fourth-order valence-electron chi connectivity index (χ4n) is 1.52. The highest BCUT2D eigenvalue weighted by Crippen LogP contribution is 2.20. The Kier molecular flexibility index (Phi) is 5.08. The van der Waals surface area contributed by atoms with Crippen molar-refractivity contribution in [3.8, 4) is 0 Å². The molecule has 0 bridgehead atoms. The fourth-order valence-corrected chi connectivity index (χ4v) is 2.17. The van der Waals surface area contributed by atoms with E-state index in [1.807, 2.05) is 0 Å². The van der Waals surface area contributed by atoms with Gasteiger partial charge in [0.1, 0.15) is 0 Å². The van der Waals surface area contributed by atoms with Crippen molar-refractivity contribution in [2.75, 3.05) is 11.6 Å². The van der Waals surface area contributed by atoms with E-state index in [9.17, 15) is 13.2 Å². The zero-order valence-corrected chi connectivity index (χ0v) is 12.1. The molecule has 1 amide bonds. The number of nitrogens with one attached hydrogen (secondary N) is 1. The molecule has 0 aliphatic carbocycles. The second-order valence-electron chi connectivity index (χ2n) is 4.68. The molecular weight excluding hydrogens is 266 g/mol. The first-order valence-corrected chi connectivity index (χ1v) is 7.88. The predicted molar refractivity (Wildman–Crippen MR) is 73.8 cm³/mol. The zero-order chi connectivity index (χ0) is 14.6. The van der Waals surface area contributed by atoms with Gasteiger partial charge in [0.2, 0.25) is 5.91 Å². The lowest BCUT2D eigenvalue weighted by molar-refractivity contribution is -0.116. The summed E-state index contributed by atoms with van der Waals surface area (Å²) < 4.78 is 22.9. The van der Waals surface area contributed by atoms with Crippen molar-refractivity contribution in [3.63, 3.8) is 0 Å². The van der Waals surface area contributed by atoms with Crippen molar-refractivity contribution in [2.24, 2.45) is 0 Å². The van der Waals surface area contributed by atoms with Crippen molar-refractivity contribution < 1.29 is 18.3 Å². The lowest BCUT2D eigenvalue weighted by Crippen LogP contribution is -2.15. The molecule has 0 heterocycles. The molecule has 1 aromatic rings. The average molecular weight is 285 g/mol. The van der Waals surface area contributed by atoms with E-state index >= 15 is 0 Å². The minimum absolute atomic E-state index is 0.170. The number of anilines is 1. The molecule has 0 spiro atoms. The van der Waals surface area contributed by atoms with E-state index in [1.165, 1.54) is 12.1 Å². The van der Waals surface area contributed by atoms with Crippen LogP contribution in [0.1, 0.15) is 25.3 Å². The SMILES string of the molecule is Cc1ccc(S(C)(=O)=O)cc1NC(=O)CCC(C)O. The molecule has 0 aliphatic heterocycles. The largest absolute Gasteiger partial charge is 0.393 e. The third kappa shape index (κ3) is 5.00. The molecule has 106 valence electrons. The van der Waals surface area contributed by atoms with Gasteiger partial charge in [0, 0.05) is 18.4 Å². The summed E-state index contributed by atoms with van der Waals surface area (Å²) in [4.78, 5) is 11.8. The highest BCUT2D eigenvalue weighted by Gasteiger charge is 2.11. The van der Waals surface area contributed by atoms with Crippen LogP contribution < -0.4 is 5.32 Å². The Bertz CT molecular complexity index is 564. The van der Waals surface area contributed by atoms with Crippen LogP contribution in [0.25, 0.3) is 0 Å². The standard InChI is InChI=1S/C13H19NO4S/c1-9-4-6-11(19(3,17)18)8-12(9)14-13(16)7-5-10(2)15/h4,6,8,10,15H,5,7H2,1-3H3,(H,14,16). The predicted octanol–water partition coefficient (Wildman–Crippen LogP) is 1.50. The van der Waals surface area contributed by atoms with Crippen molar-refractivity contribution in [1.82, 2.24) is 0 Å². The summed E-state index contributed by atoms with van der Waals surface area (Å²) in [6.07, 6.45) is 1.15. The van der Waals surface area contributed by atoms with E-state index < -0.39 is 15.9 Å². The van der Waals surface area contributed by atoms with Gasteiger partial charge in [-0.2, -0.15) is 0 Å². The van der Waals surface area contributed by atoms with Crippen LogP contribution in [0, 0.1) is 6.92 Å². The molecule has 1 rings (SSSR count). The summed E-state index contributed by atoms with van der Waals surface area (Å²) in [6, 6.07) is 4.61. The number of aryl methyl sites for hydroxylation is 1. The quantitative estimate of drug-likeness (QED) is 0.858. The number of rotatable bonds is 5. The molecule has 0 saturated carbocycles. The molecule has 1 aromatic carbocycles. The monoisotopic (exact) mass is 285 g/mol. The Morgan fingerprint density at radius 2 is 2.05 bits per heavy atom. The number of aliphatic hydroxyl groups excluding tert-OH is 1. The first-order valence-electron chi connectivity index (χ1n) is 5.99. The molecule has 1 unspecified atom stereocenters. The van der Waals surface area contributed by atoms with Gasteiger partial charge in [0.25, 0.3) is 0 Å². The Labute approximate surface area is 113 Å². The van der Waals surface area contributed by atoms with Crippen molar-refractivity contribution in [2.45, 2.75) is 37.7 Å². The minimum atomic E-state index is -3.29. The molecule has 2 N–H and O–H groups in total. The van der Waals surface area contributed by atoms with Gasteiger partial charge in [-0.1, -0.05) is 6.07 Å². The van der Waals surface area contributed by atoms with E-state index in [2.05, 4.69) is 5.32 Å². The lowest BCUT2D eigenvalue weighted by Gasteiger charge is -2.10. The Morgan fingerprint density at radius 3 is 2.58 bits per heavy atom. The summed E-state index contributed by atoms with van der Waals surface area (Å²) in [6.45, 7) is 3.40. The molecule has 0 radical (unpaired) electrons. The van der Waals surface area contributed by atoms with Gasteiger partial charge in [-0.15, -0.1) is 0 Å². The van der Waals surface area contributed by atoms with Crippen LogP contribution in [0.2, 0.25) is 0 Å². The van der Waals surface area contributed by atoms with Crippen LogP contribution in [0.15, 0.2) is 23.1 Å². The Balaban J connectivity index is 2.86. The Morgan fingerprint density at radius 1 is 1.42 bits per heavy atom. The van der Waals surface area contributed by atoms with Gasteiger partial charge in [-0.05, 0) is 38.0 Å². The van der Waals surface area contributed by atoms with Gasteiger partial charge in [-0.25, -0.2) is 8.42 Å². The van der Waals surface area contributed by atoms with E-state index in [1.54, 1.807) is 19.9 Å². The number of amides is 1. The van der Waals surface area contributed by atoms with Gasteiger partial charge >= 0.3 is 0 Å². The van der Waals surface area contributed by atoms with Crippen LogP contribution >= 0.6 is 0 Å². The molecular formula is C13H19NO4S. The van der Waals surface area contributed by atoms with Crippen LogP contribution in [0.4, 0.5) is 5.69 Å². The number of sulfone groups is 1. The van der Waals surface area contributed by atoms with E-state index in [0.717, 1.165) is 11.8 Å². The summed E-state index contributed by atoms with van der Waals surface area (Å²) >= 11 is 0. The number of aliphatic hydroxyl groups is 1. The first kappa shape index (κ1) is 15.7. The second kappa shape index (κ2) is 6.16. The van der Waals surface area contributed by atoms with Gasteiger partial charge in [0.15, 0.2) is 9.84 Å². The number of benzene rings is 1. The maximum atomic E-state index is 11.7. The van der Waals surface area contributed by atoms with Crippen molar-refractivity contribution in [1.29, 1.82) is 0 Å². The third-order valence-corrected chi connectivity index (χ3v) is 3.81. The van der Waals surface area contributed by atoms with Crippen molar-refractivity contribution >= 4 is 21.4 Å². The molecule has 0 fully saturated rings. The topological polar surface area (TPSA) is 83.5 Å². The lowest BCUT2D eigenvalue weighted by atomic mass is 10.2. The number of carbonyl (C=O) groups excluding carboxylic acids is 1. The molecule has 6 heteroatoms. The summed E-state index contributed by atoms with van der Waals surface area (Å²) in [5.74, 6) is -0.241. The molecule has 1 atom stereocenters. The highest BCUT2D eigenvalue weighted by molar-refractivity contribution is 7.90. The van der Waals surface area contributed by atoms with Gasteiger partial charge in [-0.3, -0.25) is 4.79 Å². The fraction of sp³-hybridized carbons (Fsp3) is 0.462. The summed E-state index contributed by atoms with van der Waals surface area (Å²) in [7, 11) is -3.29. The first-order chi connectivity index (χ1) is 8.70. The molecule has 0 saturated heterocycles. The minimum Gasteiger partial charge on any atom is -0.393 e. The molecule has 5 nitrogen and oxygen atoms in total. The molecule has 0 aliphatic rings. The third-order valence-electron chi connectivity index (χ3n) is 2.70. The van der Waals surface area contributed by atoms with Crippen LogP contribution in [0.3, 0.4) is 0 Å². The maximum absolute atomic E-state index is 11.7. The normalized spacial score (nSPS) is 13.1. The van der Waals surface area contributed by atoms with Gasteiger partial charge in [0.05, 0.1) is 11.0 Å². The molecule has 0 aromatic heterocycles. The van der Waals surface area contributed by atoms with Crippen LogP contribution in [-0.2, 0) is 14.6 Å². The zero-order valence-electron chi connectivity index (χ0n) is 11.3.